The maximum atomic E-state index is 2.46. The van der Waals surface area contributed by atoms with Crippen LogP contribution >= 0.6 is 0 Å². The standard InChI is InChI=1S/C39H30/c1-39(2)36-24-30(27-17-15-26(16-18-27)29-20-19-25-9-3-4-10-28(25)23-29)21-22-35(36)37-33-13-7-5-11-31(33)32-12-6-8-14-34(32)38(37)39/h3-15,17-24,26H,16H2,1-2H3. The third-order valence-electron chi connectivity index (χ3n) is 9.16. The van der Waals surface area contributed by atoms with Crippen molar-refractivity contribution in [3.63, 3.8) is 0 Å². The van der Waals surface area contributed by atoms with E-state index >= 15 is 0 Å². The highest BCUT2D eigenvalue weighted by Gasteiger charge is 2.38. The Morgan fingerprint density at radius 2 is 1.33 bits per heavy atom. The van der Waals surface area contributed by atoms with Crippen LogP contribution in [0.15, 0.2) is 127 Å². The monoisotopic (exact) mass is 498 g/mol. The molecule has 6 aromatic rings. The molecule has 6 aromatic carbocycles. The van der Waals surface area contributed by atoms with Gasteiger partial charge in [-0.05, 0) is 83.8 Å². The molecule has 8 rings (SSSR count). The van der Waals surface area contributed by atoms with Gasteiger partial charge in [0.2, 0.25) is 0 Å². The largest absolute Gasteiger partial charge is 0.0761 e. The zero-order chi connectivity index (χ0) is 26.1. The molecule has 186 valence electrons. The summed E-state index contributed by atoms with van der Waals surface area (Å²) in [4.78, 5) is 0. The molecule has 0 nitrogen and oxygen atoms in total. The van der Waals surface area contributed by atoms with Crippen LogP contribution in [0.3, 0.4) is 0 Å². The number of hydrogen-bond donors (Lipinski definition) is 0. The summed E-state index contributed by atoms with van der Waals surface area (Å²) in [6, 6.07) is 40.6. The van der Waals surface area contributed by atoms with Crippen LogP contribution < -0.4 is 0 Å². The van der Waals surface area contributed by atoms with E-state index in [-0.39, 0.29) is 5.41 Å². The molecular formula is C39H30. The van der Waals surface area contributed by atoms with Crippen molar-refractivity contribution in [1.82, 2.24) is 0 Å². The van der Waals surface area contributed by atoms with Crippen LogP contribution in [0.2, 0.25) is 0 Å². The molecule has 0 aliphatic heterocycles. The summed E-state index contributed by atoms with van der Waals surface area (Å²) in [5, 5.41) is 8.06. The molecular weight excluding hydrogens is 468 g/mol. The zero-order valence-electron chi connectivity index (χ0n) is 22.4. The molecule has 0 aromatic heterocycles. The lowest BCUT2D eigenvalue weighted by Gasteiger charge is -2.24. The van der Waals surface area contributed by atoms with Gasteiger partial charge in [0.1, 0.15) is 0 Å². The van der Waals surface area contributed by atoms with Crippen molar-refractivity contribution in [2.24, 2.45) is 0 Å². The second-order valence-corrected chi connectivity index (χ2v) is 11.7. The Morgan fingerprint density at radius 3 is 2.10 bits per heavy atom. The van der Waals surface area contributed by atoms with Crippen LogP contribution in [0.5, 0.6) is 0 Å². The second kappa shape index (κ2) is 8.29. The quantitative estimate of drug-likeness (QED) is 0.208. The Kier molecular flexibility index (Phi) is 4.79. The first-order valence-electron chi connectivity index (χ1n) is 14.1. The van der Waals surface area contributed by atoms with Crippen molar-refractivity contribution in [3.8, 4) is 11.1 Å². The molecule has 1 unspecified atom stereocenters. The SMILES string of the molecule is CC1(C)c2cc(C3=CCC(c4ccc5ccccc5c4)C=C3)ccc2-c2c1c1ccccc1c1ccccc21. The lowest BCUT2D eigenvalue weighted by atomic mass is 9.78. The van der Waals surface area contributed by atoms with Gasteiger partial charge in [0, 0.05) is 11.3 Å². The highest BCUT2D eigenvalue weighted by atomic mass is 14.4. The molecule has 2 aliphatic carbocycles. The Bertz CT molecular complexity index is 2010. The Labute approximate surface area is 229 Å². The van der Waals surface area contributed by atoms with Crippen LogP contribution in [0.1, 0.15) is 48.4 Å². The van der Waals surface area contributed by atoms with Crippen molar-refractivity contribution in [2.75, 3.05) is 0 Å². The molecule has 0 heterocycles. The van der Waals surface area contributed by atoms with Gasteiger partial charge in [0.25, 0.3) is 0 Å². The van der Waals surface area contributed by atoms with E-state index in [0.29, 0.717) is 5.92 Å². The molecule has 1 atom stereocenters. The minimum Gasteiger partial charge on any atom is -0.0761 e. The molecule has 0 N–H and O–H groups in total. The first-order chi connectivity index (χ1) is 19.1. The molecule has 39 heavy (non-hydrogen) atoms. The van der Waals surface area contributed by atoms with Crippen LogP contribution in [-0.4, -0.2) is 0 Å². The van der Waals surface area contributed by atoms with E-state index < -0.39 is 0 Å². The lowest BCUT2D eigenvalue weighted by molar-refractivity contribution is 0.666. The van der Waals surface area contributed by atoms with Crippen LogP contribution in [0.25, 0.3) is 49.0 Å². The first kappa shape index (κ1) is 22.6. The molecule has 0 amide bonds. The highest BCUT2D eigenvalue weighted by molar-refractivity contribution is 6.18. The van der Waals surface area contributed by atoms with Gasteiger partial charge in [0.05, 0.1) is 0 Å². The van der Waals surface area contributed by atoms with E-state index in [0.717, 1.165) is 6.42 Å². The number of fused-ring (bicyclic) bond motifs is 9. The fraction of sp³-hybridized carbons (Fsp3) is 0.128. The predicted molar refractivity (Wildman–Crippen MR) is 167 cm³/mol. The average Bonchev–Trinajstić information content (AvgIpc) is 3.24. The Balaban J connectivity index is 1.20. The number of rotatable bonds is 2. The highest BCUT2D eigenvalue weighted by Crippen LogP contribution is 2.55. The maximum Gasteiger partial charge on any atom is 0.0165 e. The van der Waals surface area contributed by atoms with E-state index in [9.17, 15) is 0 Å². The zero-order valence-corrected chi connectivity index (χ0v) is 22.4. The molecule has 0 fully saturated rings. The predicted octanol–water partition coefficient (Wildman–Crippen LogP) is 10.6. The van der Waals surface area contributed by atoms with Gasteiger partial charge in [-0.3, -0.25) is 0 Å². The van der Waals surface area contributed by atoms with Crippen molar-refractivity contribution < 1.29 is 0 Å². The van der Waals surface area contributed by atoms with E-state index in [2.05, 4.69) is 141 Å². The summed E-state index contributed by atoms with van der Waals surface area (Å²) in [7, 11) is 0. The van der Waals surface area contributed by atoms with Gasteiger partial charge in [-0.2, -0.15) is 0 Å². The molecule has 0 spiro atoms. The van der Waals surface area contributed by atoms with E-state index in [1.54, 1.807) is 0 Å². The topological polar surface area (TPSA) is 0 Å². The van der Waals surface area contributed by atoms with Crippen molar-refractivity contribution >= 4 is 37.9 Å². The molecule has 0 bridgehead atoms. The molecule has 2 aliphatic rings. The second-order valence-electron chi connectivity index (χ2n) is 11.7. The van der Waals surface area contributed by atoms with Gasteiger partial charge in [0.15, 0.2) is 0 Å². The first-order valence-corrected chi connectivity index (χ1v) is 14.1. The maximum absolute atomic E-state index is 2.46. The molecule has 0 saturated heterocycles. The normalized spacial score (nSPS) is 17.4. The van der Waals surface area contributed by atoms with Crippen LogP contribution in [-0.2, 0) is 5.41 Å². The Hall–Kier alpha value is -4.42. The van der Waals surface area contributed by atoms with Crippen molar-refractivity contribution in [2.45, 2.75) is 31.6 Å². The van der Waals surface area contributed by atoms with Gasteiger partial charge >= 0.3 is 0 Å². The fourth-order valence-corrected chi connectivity index (χ4v) is 7.18. The Morgan fingerprint density at radius 1 is 0.641 bits per heavy atom. The van der Waals surface area contributed by atoms with E-state index in [1.807, 2.05) is 0 Å². The van der Waals surface area contributed by atoms with Crippen LogP contribution in [0.4, 0.5) is 0 Å². The van der Waals surface area contributed by atoms with Crippen LogP contribution in [0, 0.1) is 0 Å². The van der Waals surface area contributed by atoms with Crippen molar-refractivity contribution in [3.05, 3.63) is 150 Å². The minimum absolute atomic E-state index is 0.0725. The smallest absolute Gasteiger partial charge is 0.0165 e. The van der Waals surface area contributed by atoms with Gasteiger partial charge in [-0.1, -0.05) is 135 Å². The average molecular weight is 499 g/mol. The summed E-state index contributed by atoms with van der Waals surface area (Å²) in [6.07, 6.45) is 8.19. The summed E-state index contributed by atoms with van der Waals surface area (Å²) < 4.78 is 0. The minimum atomic E-state index is -0.0725. The van der Waals surface area contributed by atoms with E-state index in [4.69, 9.17) is 0 Å². The number of allylic oxidation sites excluding steroid dienone is 4. The number of benzene rings is 6. The summed E-state index contributed by atoms with van der Waals surface area (Å²) in [5.41, 5.74) is 9.67. The summed E-state index contributed by atoms with van der Waals surface area (Å²) in [6.45, 7) is 4.81. The van der Waals surface area contributed by atoms with Gasteiger partial charge < -0.3 is 0 Å². The summed E-state index contributed by atoms with van der Waals surface area (Å²) >= 11 is 0. The molecule has 0 radical (unpaired) electrons. The van der Waals surface area contributed by atoms with E-state index in [1.165, 1.54) is 71.3 Å². The molecule has 0 heteroatoms. The van der Waals surface area contributed by atoms with Crippen molar-refractivity contribution in [1.29, 1.82) is 0 Å². The molecule has 0 saturated carbocycles. The third-order valence-corrected chi connectivity index (χ3v) is 9.16. The fourth-order valence-electron chi connectivity index (χ4n) is 7.18. The number of hydrogen-bond acceptors (Lipinski definition) is 0. The third kappa shape index (κ3) is 3.31. The van der Waals surface area contributed by atoms with Gasteiger partial charge in [-0.15, -0.1) is 0 Å². The van der Waals surface area contributed by atoms with Gasteiger partial charge in [-0.25, -0.2) is 0 Å². The summed E-state index contributed by atoms with van der Waals surface area (Å²) in [5.74, 6) is 0.422. The lowest BCUT2D eigenvalue weighted by Crippen LogP contribution is -2.16.